The molecule has 1 aliphatic heterocycles. The van der Waals surface area contributed by atoms with Crippen LogP contribution in [-0.4, -0.2) is 37.3 Å². The van der Waals surface area contributed by atoms with Crippen molar-refractivity contribution in [2.24, 2.45) is 0 Å². The van der Waals surface area contributed by atoms with Gasteiger partial charge in [-0.25, -0.2) is 9.37 Å². The van der Waals surface area contributed by atoms with Crippen molar-refractivity contribution in [3.63, 3.8) is 0 Å². The van der Waals surface area contributed by atoms with Gasteiger partial charge in [0.1, 0.15) is 11.9 Å². The van der Waals surface area contributed by atoms with Gasteiger partial charge in [-0.3, -0.25) is 14.3 Å². The van der Waals surface area contributed by atoms with Crippen molar-refractivity contribution in [3.8, 4) is 0 Å². The minimum atomic E-state index is -1.10. The Kier molecular flexibility index (Phi) is 2.57. The number of halogens is 1. The highest BCUT2D eigenvalue weighted by Gasteiger charge is 2.30. The predicted molar refractivity (Wildman–Crippen MR) is 62.7 cm³/mol. The number of hydrogen-bond acceptors (Lipinski definition) is 6. The van der Waals surface area contributed by atoms with E-state index in [0.29, 0.717) is 0 Å². The molecule has 0 bridgehead atoms. The van der Waals surface area contributed by atoms with E-state index in [1.54, 1.807) is 0 Å². The molecule has 4 N–H and O–H groups in total. The molecule has 0 radical (unpaired) electrons. The first-order chi connectivity index (χ1) is 9.10. The van der Waals surface area contributed by atoms with E-state index in [-0.39, 0.29) is 23.7 Å². The van der Waals surface area contributed by atoms with Gasteiger partial charge in [0, 0.05) is 0 Å². The number of H-pyrrole nitrogens is 1. The summed E-state index contributed by atoms with van der Waals surface area (Å²) >= 11 is 0. The van der Waals surface area contributed by atoms with Crippen molar-refractivity contribution in [2.75, 3.05) is 12.3 Å². The van der Waals surface area contributed by atoms with Crippen LogP contribution in [0.1, 0.15) is 6.23 Å². The van der Waals surface area contributed by atoms with Gasteiger partial charge in [-0.2, -0.15) is 4.98 Å². The summed E-state index contributed by atoms with van der Waals surface area (Å²) in [4.78, 5) is 21.7. The molecule has 1 aliphatic rings. The number of imidazole rings is 1. The van der Waals surface area contributed by atoms with Crippen molar-refractivity contribution in [1.29, 1.82) is 0 Å². The number of aliphatic hydroxyl groups excluding tert-OH is 1. The maximum atomic E-state index is 13.7. The molecule has 0 saturated carbocycles. The Bertz CT molecular complexity index is 722. The number of nitrogens with two attached hydrogens (primary N) is 1. The number of nitrogen functional groups attached to an aromatic ring is 1. The molecule has 2 aromatic heterocycles. The van der Waals surface area contributed by atoms with Gasteiger partial charge in [-0.05, 0) is 6.08 Å². The van der Waals surface area contributed by atoms with Gasteiger partial charge in [0.25, 0.3) is 5.56 Å². The van der Waals surface area contributed by atoms with Crippen molar-refractivity contribution in [1.82, 2.24) is 19.5 Å². The van der Waals surface area contributed by atoms with Gasteiger partial charge in [-0.15, -0.1) is 0 Å². The zero-order valence-electron chi connectivity index (χ0n) is 9.58. The number of aromatic nitrogens is 4. The topological polar surface area (TPSA) is 119 Å². The number of aromatic amines is 1. The summed E-state index contributed by atoms with van der Waals surface area (Å²) in [6.07, 6.45) is 0.565. The molecule has 0 amide bonds. The highest BCUT2D eigenvalue weighted by atomic mass is 19.1. The number of ether oxygens (including phenoxy) is 1. The predicted octanol–water partition coefficient (Wildman–Crippen LogP) is -0.555. The van der Waals surface area contributed by atoms with Crippen LogP contribution in [0, 0.1) is 0 Å². The third kappa shape index (κ3) is 1.79. The number of aliphatic hydroxyl groups is 1. The Morgan fingerprint density at radius 2 is 2.42 bits per heavy atom. The van der Waals surface area contributed by atoms with Gasteiger partial charge in [0.05, 0.1) is 12.9 Å². The number of fused-ring (bicyclic) bond motifs is 1. The van der Waals surface area contributed by atoms with Crippen LogP contribution in [-0.2, 0) is 4.74 Å². The van der Waals surface area contributed by atoms with Crippen molar-refractivity contribution >= 4 is 17.1 Å². The van der Waals surface area contributed by atoms with Gasteiger partial charge in [-0.1, -0.05) is 0 Å². The second-order valence-electron chi connectivity index (χ2n) is 4.04. The molecule has 3 rings (SSSR count). The maximum absolute atomic E-state index is 13.7. The van der Waals surface area contributed by atoms with Crippen LogP contribution < -0.4 is 11.3 Å². The van der Waals surface area contributed by atoms with E-state index in [4.69, 9.17) is 15.6 Å². The summed E-state index contributed by atoms with van der Waals surface area (Å²) in [6.45, 7) is -0.341. The van der Waals surface area contributed by atoms with Crippen molar-refractivity contribution in [3.05, 3.63) is 28.6 Å². The van der Waals surface area contributed by atoms with E-state index in [9.17, 15) is 9.18 Å². The SMILES string of the molecule is Nc1nc2c(ncn2[C@@H]2O[C@H](CO)C=C2F)c(=O)[nH]1. The number of anilines is 1. The molecule has 8 nitrogen and oxygen atoms in total. The minimum Gasteiger partial charge on any atom is -0.393 e. The van der Waals surface area contributed by atoms with Gasteiger partial charge >= 0.3 is 0 Å². The van der Waals surface area contributed by atoms with E-state index in [1.807, 2.05) is 0 Å². The quantitative estimate of drug-likeness (QED) is 0.671. The third-order valence-electron chi connectivity index (χ3n) is 2.77. The summed E-state index contributed by atoms with van der Waals surface area (Å²) in [5, 5.41) is 8.95. The van der Waals surface area contributed by atoms with E-state index in [0.717, 1.165) is 6.08 Å². The van der Waals surface area contributed by atoms with E-state index < -0.39 is 23.7 Å². The average Bonchev–Trinajstić information content (AvgIpc) is 2.92. The molecule has 2 atom stereocenters. The zero-order chi connectivity index (χ0) is 13.6. The molecule has 19 heavy (non-hydrogen) atoms. The zero-order valence-corrected chi connectivity index (χ0v) is 9.58. The van der Waals surface area contributed by atoms with Crippen molar-refractivity contribution in [2.45, 2.75) is 12.3 Å². The van der Waals surface area contributed by atoms with E-state index in [2.05, 4.69) is 15.0 Å². The fraction of sp³-hybridized carbons (Fsp3) is 0.300. The normalized spacial score (nSPS) is 22.9. The lowest BCUT2D eigenvalue weighted by Crippen LogP contribution is -2.17. The highest BCUT2D eigenvalue weighted by Crippen LogP contribution is 2.31. The molecule has 0 fully saturated rings. The Labute approximate surface area is 105 Å². The lowest BCUT2D eigenvalue weighted by atomic mass is 10.3. The standard InChI is InChI=1S/C10H10FN5O3/c11-5-1-4(2-17)19-9(5)16-3-13-6-7(16)14-10(12)15-8(6)18/h1,3-4,9,17H,2H2,(H3,12,14,15,18)/t4-,9+/m0/s1. The molecule has 100 valence electrons. The van der Waals surface area contributed by atoms with Crippen LogP contribution in [0.5, 0.6) is 0 Å². The molecular weight excluding hydrogens is 257 g/mol. The summed E-state index contributed by atoms with van der Waals surface area (Å²) < 4.78 is 20.3. The molecule has 3 heterocycles. The Morgan fingerprint density at radius 3 is 3.11 bits per heavy atom. The van der Waals surface area contributed by atoms with E-state index >= 15 is 0 Å². The van der Waals surface area contributed by atoms with Crippen LogP contribution in [0.4, 0.5) is 10.3 Å². The molecule has 0 aromatic carbocycles. The molecule has 0 unspecified atom stereocenters. The monoisotopic (exact) mass is 267 g/mol. The first-order valence-electron chi connectivity index (χ1n) is 5.46. The molecule has 0 spiro atoms. The van der Waals surface area contributed by atoms with Gasteiger partial charge < -0.3 is 15.6 Å². The largest absolute Gasteiger partial charge is 0.393 e. The fourth-order valence-electron chi connectivity index (χ4n) is 1.94. The van der Waals surface area contributed by atoms with Crippen LogP contribution in [0.2, 0.25) is 0 Å². The van der Waals surface area contributed by atoms with Crippen LogP contribution in [0.25, 0.3) is 11.2 Å². The maximum Gasteiger partial charge on any atom is 0.280 e. The first kappa shape index (κ1) is 11.8. The Balaban J connectivity index is 2.12. The average molecular weight is 267 g/mol. The highest BCUT2D eigenvalue weighted by molar-refractivity contribution is 5.70. The Morgan fingerprint density at radius 1 is 1.63 bits per heavy atom. The van der Waals surface area contributed by atoms with Gasteiger partial charge in [0.2, 0.25) is 5.95 Å². The van der Waals surface area contributed by atoms with Crippen molar-refractivity contribution < 1.29 is 14.2 Å². The molecule has 0 aliphatic carbocycles. The first-order valence-corrected chi connectivity index (χ1v) is 5.46. The lowest BCUT2D eigenvalue weighted by Gasteiger charge is -2.14. The molecule has 0 saturated heterocycles. The van der Waals surface area contributed by atoms with Crippen LogP contribution in [0.15, 0.2) is 23.0 Å². The second kappa shape index (κ2) is 4.14. The molecule has 2 aromatic rings. The van der Waals surface area contributed by atoms with Crippen LogP contribution in [0.3, 0.4) is 0 Å². The number of rotatable bonds is 2. The summed E-state index contributed by atoms with van der Waals surface area (Å²) in [5.41, 5.74) is 5.09. The number of nitrogens with one attached hydrogen (secondary N) is 1. The summed E-state index contributed by atoms with van der Waals surface area (Å²) in [5.74, 6) is -0.681. The fourth-order valence-corrected chi connectivity index (χ4v) is 1.94. The molecular formula is C10H10FN5O3. The third-order valence-corrected chi connectivity index (χ3v) is 2.77. The smallest absolute Gasteiger partial charge is 0.280 e. The molecule has 9 heteroatoms. The van der Waals surface area contributed by atoms with Gasteiger partial charge in [0.15, 0.2) is 17.4 Å². The second-order valence-corrected chi connectivity index (χ2v) is 4.04. The minimum absolute atomic E-state index is 0.0399. The number of nitrogens with zero attached hydrogens (tertiary/aromatic N) is 3. The summed E-state index contributed by atoms with van der Waals surface area (Å²) in [7, 11) is 0. The lowest BCUT2D eigenvalue weighted by molar-refractivity contribution is -0.0174. The number of hydrogen-bond donors (Lipinski definition) is 3. The Hall–Kier alpha value is -2.26. The van der Waals surface area contributed by atoms with Crippen LogP contribution >= 0.6 is 0 Å². The van der Waals surface area contributed by atoms with E-state index in [1.165, 1.54) is 10.9 Å². The summed E-state index contributed by atoms with van der Waals surface area (Å²) in [6, 6.07) is 0.